The van der Waals surface area contributed by atoms with E-state index in [2.05, 4.69) is 240 Å². The van der Waals surface area contributed by atoms with Gasteiger partial charge in [0, 0.05) is 39.1 Å². The molecular weight excluding hydrogens is 677 g/mol. The van der Waals surface area contributed by atoms with Gasteiger partial charge in [-0.2, -0.15) is 0 Å². The van der Waals surface area contributed by atoms with Crippen molar-refractivity contribution in [1.29, 1.82) is 0 Å². The van der Waals surface area contributed by atoms with E-state index in [4.69, 9.17) is 0 Å². The van der Waals surface area contributed by atoms with Gasteiger partial charge < -0.3 is 9.47 Å². The lowest BCUT2D eigenvalue weighted by Gasteiger charge is -2.26. The molecule has 0 unspecified atom stereocenters. The number of anilines is 3. The van der Waals surface area contributed by atoms with Crippen molar-refractivity contribution in [3.8, 4) is 50.2 Å². The Morgan fingerprint density at radius 3 is 1.36 bits per heavy atom. The van der Waals surface area contributed by atoms with Gasteiger partial charge in [0.15, 0.2) is 0 Å². The van der Waals surface area contributed by atoms with E-state index in [0.717, 1.165) is 28.3 Å². The Balaban J connectivity index is 1.15. The average molecular weight is 715 g/mol. The Labute approximate surface area is 327 Å². The first-order valence-electron chi connectivity index (χ1n) is 19.2. The fourth-order valence-electron chi connectivity index (χ4n) is 8.18. The summed E-state index contributed by atoms with van der Waals surface area (Å²) in [5.41, 5.74) is 16.4. The highest BCUT2D eigenvalue weighted by atomic mass is 15.1. The molecule has 2 nitrogen and oxygen atoms in total. The van der Waals surface area contributed by atoms with Crippen LogP contribution in [-0.4, -0.2) is 4.57 Å². The second-order valence-electron chi connectivity index (χ2n) is 14.1. The van der Waals surface area contributed by atoms with E-state index in [0.29, 0.717) is 0 Å². The van der Waals surface area contributed by atoms with Gasteiger partial charge in [0.25, 0.3) is 0 Å². The van der Waals surface area contributed by atoms with Gasteiger partial charge in [-0.15, -0.1) is 0 Å². The van der Waals surface area contributed by atoms with Crippen LogP contribution >= 0.6 is 0 Å². The quantitative estimate of drug-likeness (QED) is 0.152. The minimum absolute atomic E-state index is 1.09. The predicted molar refractivity (Wildman–Crippen MR) is 237 cm³/mol. The highest BCUT2D eigenvalue weighted by molar-refractivity contribution is 6.19. The molecule has 10 aromatic rings. The lowest BCUT2D eigenvalue weighted by molar-refractivity contribution is 1.18. The van der Waals surface area contributed by atoms with Gasteiger partial charge in [-0.3, -0.25) is 0 Å². The molecule has 9 aromatic carbocycles. The Morgan fingerprint density at radius 2 is 0.768 bits per heavy atom. The molecule has 0 aliphatic carbocycles. The Kier molecular flexibility index (Phi) is 8.55. The van der Waals surface area contributed by atoms with Crippen LogP contribution in [0.5, 0.6) is 0 Å². The van der Waals surface area contributed by atoms with Crippen molar-refractivity contribution in [2.75, 3.05) is 4.90 Å². The van der Waals surface area contributed by atoms with E-state index < -0.39 is 0 Å². The van der Waals surface area contributed by atoms with Crippen molar-refractivity contribution in [2.24, 2.45) is 0 Å². The summed E-state index contributed by atoms with van der Waals surface area (Å²) >= 11 is 0. The Hall–Kier alpha value is -7.42. The summed E-state index contributed by atoms with van der Waals surface area (Å²) in [6, 6.07) is 83.0. The van der Waals surface area contributed by atoms with Gasteiger partial charge in [0.1, 0.15) is 0 Å². The topological polar surface area (TPSA) is 8.17 Å². The lowest BCUT2D eigenvalue weighted by atomic mass is 9.97. The van der Waals surface area contributed by atoms with Crippen molar-refractivity contribution in [3.05, 3.63) is 231 Å². The van der Waals surface area contributed by atoms with E-state index in [1.807, 2.05) is 0 Å². The standard InChI is InChI=1S/C54H38N2/c1-5-16-39(17-6-1)41-30-34-46(35-31-41)55(47-36-32-42(33-37-47)40-18-7-2-8-19-40)48-25-13-22-44(38-48)49-26-15-29-52-53(49)51-28-14-27-50(43-20-9-3-10-21-43)54(51)56(52)45-23-11-4-12-24-45/h1-38H. The van der Waals surface area contributed by atoms with Crippen LogP contribution in [0.3, 0.4) is 0 Å². The van der Waals surface area contributed by atoms with Gasteiger partial charge in [-0.25, -0.2) is 0 Å². The second kappa shape index (κ2) is 14.4. The number of benzene rings is 9. The molecule has 0 radical (unpaired) electrons. The number of para-hydroxylation sites is 2. The highest BCUT2D eigenvalue weighted by Gasteiger charge is 2.20. The molecule has 1 aromatic heterocycles. The molecule has 0 saturated carbocycles. The summed E-state index contributed by atoms with van der Waals surface area (Å²) in [7, 11) is 0. The molecule has 0 bridgehead atoms. The SMILES string of the molecule is c1ccc(-c2ccc(N(c3ccc(-c4ccccc4)cc3)c3cccc(-c4cccc5c4c4cccc(-c6ccccc6)c4n5-c4ccccc4)c3)cc2)cc1. The third-order valence-corrected chi connectivity index (χ3v) is 10.8. The molecular formula is C54H38N2. The van der Waals surface area contributed by atoms with Crippen LogP contribution in [0.15, 0.2) is 231 Å². The largest absolute Gasteiger partial charge is 0.310 e. The second-order valence-corrected chi connectivity index (χ2v) is 14.1. The number of hydrogen-bond acceptors (Lipinski definition) is 1. The minimum atomic E-state index is 1.09. The monoisotopic (exact) mass is 714 g/mol. The summed E-state index contributed by atoms with van der Waals surface area (Å²) in [5.74, 6) is 0. The summed E-state index contributed by atoms with van der Waals surface area (Å²) in [6.07, 6.45) is 0. The number of nitrogens with zero attached hydrogens (tertiary/aromatic N) is 2. The lowest BCUT2D eigenvalue weighted by Crippen LogP contribution is -2.10. The Morgan fingerprint density at radius 1 is 0.304 bits per heavy atom. The number of hydrogen-bond donors (Lipinski definition) is 0. The van der Waals surface area contributed by atoms with Crippen molar-refractivity contribution >= 4 is 38.9 Å². The number of rotatable bonds is 8. The summed E-state index contributed by atoms with van der Waals surface area (Å²) in [6.45, 7) is 0. The van der Waals surface area contributed by atoms with E-state index >= 15 is 0 Å². The summed E-state index contributed by atoms with van der Waals surface area (Å²) in [4.78, 5) is 2.37. The van der Waals surface area contributed by atoms with Crippen molar-refractivity contribution in [1.82, 2.24) is 4.57 Å². The zero-order chi connectivity index (χ0) is 37.3. The maximum Gasteiger partial charge on any atom is 0.0619 e. The molecule has 0 aliphatic rings. The zero-order valence-corrected chi connectivity index (χ0v) is 30.8. The first kappa shape index (κ1) is 33.2. The van der Waals surface area contributed by atoms with Gasteiger partial charge in [-0.1, -0.05) is 176 Å². The van der Waals surface area contributed by atoms with Gasteiger partial charge in [0.05, 0.1) is 11.0 Å². The molecule has 0 spiro atoms. The van der Waals surface area contributed by atoms with Crippen LogP contribution in [-0.2, 0) is 0 Å². The fraction of sp³-hybridized carbons (Fsp3) is 0. The molecule has 0 amide bonds. The molecule has 0 aliphatic heterocycles. The smallest absolute Gasteiger partial charge is 0.0619 e. The van der Waals surface area contributed by atoms with Gasteiger partial charge in [-0.05, 0) is 93.5 Å². The van der Waals surface area contributed by atoms with Crippen LogP contribution in [0.25, 0.3) is 72.0 Å². The van der Waals surface area contributed by atoms with E-state index in [9.17, 15) is 0 Å². The third-order valence-electron chi connectivity index (χ3n) is 10.8. The average Bonchev–Trinajstić information content (AvgIpc) is 3.63. The maximum atomic E-state index is 2.44. The van der Waals surface area contributed by atoms with Crippen LogP contribution in [0.4, 0.5) is 17.1 Å². The fourth-order valence-corrected chi connectivity index (χ4v) is 8.18. The zero-order valence-electron chi connectivity index (χ0n) is 30.8. The molecule has 2 heteroatoms. The van der Waals surface area contributed by atoms with Crippen LogP contribution in [0.2, 0.25) is 0 Å². The van der Waals surface area contributed by atoms with Gasteiger partial charge >= 0.3 is 0 Å². The normalized spacial score (nSPS) is 11.2. The summed E-state index contributed by atoms with van der Waals surface area (Å²) in [5, 5.41) is 2.48. The van der Waals surface area contributed by atoms with Crippen molar-refractivity contribution in [3.63, 3.8) is 0 Å². The molecule has 264 valence electrons. The molecule has 0 fully saturated rings. The van der Waals surface area contributed by atoms with Crippen LogP contribution in [0, 0.1) is 0 Å². The summed E-state index contributed by atoms with van der Waals surface area (Å²) < 4.78 is 2.44. The van der Waals surface area contributed by atoms with Crippen molar-refractivity contribution in [2.45, 2.75) is 0 Å². The minimum Gasteiger partial charge on any atom is -0.310 e. The number of fused-ring (bicyclic) bond motifs is 3. The van der Waals surface area contributed by atoms with Crippen LogP contribution in [0.1, 0.15) is 0 Å². The Bertz CT molecular complexity index is 2830. The molecule has 1 heterocycles. The molecule has 0 atom stereocenters. The number of aromatic nitrogens is 1. The van der Waals surface area contributed by atoms with E-state index in [1.54, 1.807) is 0 Å². The van der Waals surface area contributed by atoms with Crippen molar-refractivity contribution < 1.29 is 0 Å². The highest BCUT2D eigenvalue weighted by Crippen LogP contribution is 2.44. The van der Waals surface area contributed by atoms with Gasteiger partial charge in [0.2, 0.25) is 0 Å². The molecule has 0 N–H and O–H groups in total. The predicted octanol–water partition coefficient (Wildman–Crippen LogP) is 14.9. The first-order chi connectivity index (χ1) is 27.8. The van der Waals surface area contributed by atoms with E-state index in [1.165, 1.54) is 60.8 Å². The first-order valence-corrected chi connectivity index (χ1v) is 19.2. The molecule has 0 saturated heterocycles. The van der Waals surface area contributed by atoms with E-state index in [-0.39, 0.29) is 0 Å². The molecule has 10 rings (SSSR count). The third kappa shape index (κ3) is 6.04. The van der Waals surface area contributed by atoms with Crippen LogP contribution < -0.4 is 4.90 Å². The maximum absolute atomic E-state index is 2.44. The molecule has 56 heavy (non-hydrogen) atoms.